The highest BCUT2D eigenvalue weighted by Gasteiger charge is 2.09. The average Bonchev–Trinajstić information content (AvgIpc) is 2.93. The molecule has 0 saturated carbocycles. The lowest BCUT2D eigenvalue weighted by atomic mass is 10.2. The summed E-state index contributed by atoms with van der Waals surface area (Å²) in [6, 6.07) is 12.0. The number of carbonyl (C=O) groups excluding carboxylic acids is 1. The Kier molecular flexibility index (Phi) is 6.52. The summed E-state index contributed by atoms with van der Waals surface area (Å²) in [6.07, 6.45) is 3.49. The molecule has 3 aromatic rings. The summed E-state index contributed by atoms with van der Waals surface area (Å²) in [4.78, 5) is 17.6. The molecule has 146 valence electrons. The molecule has 0 atom stereocenters. The second kappa shape index (κ2) is 9.06. The van der Waals surface area contributed by atoms with Gasteiger partial charge in [0.1, 0.15) is 0 Å². The molecule has 0 aliphatic carbocycles. The zero-order chi connectivity index (χ0) is 20.1. The molecular formula is C22H26N4OS. The number of thioether (sulfide) groups is 1. The molecule has 1 N–H and O–H groups in total. The van der Waals surface area contributed by atoms with Crippen LogP contribution >= 0.6 is 11.8 Å². The third-order valence-electron chi connectivity index (χ3n) is 4.51. The van der Waals surface area contributed by atoms with Crippen molar-refractivity contribution in [3.05, 3.63) is 59.5 Å². The van der Waals surface area contributed by atoms with Crippen LogP contribution in [-0.2, 0) is 11.3 Å². The zero-order valence-corrected chi connectivity index (χ0v) is 17.6. The lowest BCUT2D eigenvalue weighted by Gasteiger charge is -2.11. The SMILES string of the molecule is Cc1cc(/C=N\NC(=O)CSc2cccc3cccnc23)c(C)n1CC(C)C. The lowest BCUT2D eigenvalue weighted by molar-refractivity contribution is -0.118. The van der Waals surface area contributed by atoms with Crippen molar-refractivity contribution in [1.29, 1.82) is 0 Å². The van der Waals surface area contributed by atoms with E-state index < -0.39 is 0 Å². The van der Waals surface area contributed by atoms with E-state index in [1.54, 1.807) is 12.4 Å². The van der Waals surface area contributed by atoms with E-state index in [1.807, 2.05) is 30.3 Å². The fourth-order valence-corrected chi connectivity index (χ4v) is 3.98. The number of hydrogen-bond acceptors (Lipinski definition) is 4. The highest BCUT2D eigenvalue weighted by Crippen LogP contribution is 2.25. The van der Waals surface area contributed by atoms with E-state index in [-0.39, 0.29) is 5.91 Å². The maximum atomic E-state index is 12.2. The Labute approximate surface area is 170 Å². The minimum absolute atomic E-state index is 0.134. The molecule has 0 saturated heterocycles. The number of pyridine rings is 1. The molecule has 28 heavy (non-hydrogen) atoms. The summed E-state index contributed by atoms with van der Waals surface area (Å²) in [5.74, 6) is 0.736. The van der Waals surface area contributed by atoms with Crippen LogP contribution in [0.25, 0.3) is 10.9 Å². The molecule has 1 amide bonds. The van der Waals surface area contributed by atoms with Gasteiger partial charge in [0.05, 0.1) is 17.5 Å². The molecule has 6 heteroatoms. The molecule has 2 aromatic heterocycles. The molecule has 0 bridgehead atoms. The zero-order valence-electron chi connectivity index (χ0n) is 16.8. The van der Waals surface area contributed by atoms with Crippen LogP contribution in [0.3, 0.4) is 0 Å². The van der Waals surface area contributed by atoms with Gasteiger partial charge in [-0.25, -0.2) is 5.43 Å². The number of benzene rings is 1. The van der Waals surface area contributed by atoms with E-state index >= 15 is 0 Å². The van der Waals surface area contributed by atoms with Crippen LogP contribution in [0.1, 0.15) is 30.8 Å². The Hall–Kier alpha value is -2.60. The molecule has 0 spiro atoms. The first kappa shape index (κ1) is 20.1. The van der Waals surface area contributed by atoms with Crippen molar-refractivity contribution < 1.29 is 4.79 Å². The maximum Gasteiger partial charge on any atom is 0.250 e. The summed E-state index contributed by atoms with van der Waals surface area (Å²) in [6.45, 7) is 9.57. The van der Waals surface area contributed by atoms with Crippen molar-refractivity contribution >= 4 is 34.8 Å². The van der Waals surface area contributed by atoms with Gasteiger partial charge in [-0.2, -0.15) is 5.10 Å². The number of aryl methyl sites for hydroxylation is 1. The largest absolute Gasteiger partial charge is 0.348 e. The van der Waals surface area contributed by atoms with Crippen LogP contribution < -0.4 is 5.43 Å². The lowest BCUT2D eigenvalue weighted by Crippen LogP contribution is -2.19. The molecular weight excluding hydrogens is 368 g/mol. The molecule has 3 rings (SSSR count). The van der Waals surface area contributed by atoms with E-state index in [0.717, 1.165) is 27.9 Å². The van der Waals surface area contributed by atoms with E-state index in [4.69, 9.17) is 0 Å². The number of fused-ring (bicyclic) bond motifs is 1. The number of rotatable bonds is 7. The molecule has 0 fully saturated rings. The highest BCUT2D eigenvalue weighted by atomic mass is 32.2. The summed E-state index contributed by atoms with van der Waals surface area (Å²) < 4.78 is 2.29. The molecule has 0 unspecified atom stereocenters. The predicted octanol–water partition coefficient (Wildman–Crippen LogP) is 4.55. The third kappa shape index (κ3) is 4.81. The third-order valence-corrected chi connectivity index (χ3v) is 5.55. The van der Waals surface area contributed by atoms with Gasteiger partial charge < -0.3 is 4.57 Å². The van der Waals surface area contributed by atoms with Crippen molar-refractivity contribution in [2.24, 2.45) is 11.0 Å². The monoisotopic (exact) mass is 394 g/mol. The first-order valence-electron chi connectivity index (χ1n) is 9.41. The van der Waals surface area contributed by atoms with Gasteiger partial charge in [0.15, 0.2) is 0 Å². The Morgan fingerprint density at radius 1 is 1.29 bits per heavy atom. The van der Waals surface area contributed by atoms with Gasteiger partial charge in [0, 0.05) is 40.0 Å². The van der Waals surface area contributed by atoms with Crippen molar-refractivity contribution in [2.45, 2.75) is 39.1 Å². The minimum Gasteiger partial charge on any atom is -0.348 e. The van der Waals surface area contributed by atoms with Gasteiger partial charge >= 0.3 is 0 Å². The summed E-state index contributed by atoms with van der Waals surface area (Å²) in [5.41, 5.74) is 6.95. The number of hydrogen-bond donors (Lipinski definition) is 1. The number of carbonyl (C=O) groups is 1. The number of aromatic nitrogens is 2. The second-order valence-corrected chi connectivity index (χ2v) is 8.26. The summed E-state index contributed by atoms with van der Waals surface area (Å²) in [5, 5.41) is 5.22. The van der Waals surface area contributed by atoms with Gasteiger partial charge in [-0.15, -0.1) is 11.8 Å². The Bertz CT molecular complexity index is 1000. The first-order chi connectivity index (χ1) is 13.5. The maximum absolute atomic E-state index is 12.2. The van der Waals surface area contributed by atoms with Crippen LogP contribution in [-0.4, -0.2) is 27.4 Å². The van der Waals surface area contributed by atoms with Gasteiger partial charge in [-0.05, 0) is 38.0 Å². The van der Waals surface area contributed by atoms with Crippen LogP contribution in [0, 0.1) is 19.8 Å². The standard InChI is InChI=1S/C22H26N4OS/c1-15(2)13-26-16(3)11-19(17(26)4)12-24-25-21(27)14-28-20-9-5-7-18-8-6-10-23-22(18)20/h5-12,15H,13-14H2,1-4H3,(H,25,27)/b24-12-. The van der Waals surface area contributed by atoms with Crippen molar-refractivity contribution in [3.63, 3.8) is 0 Å². The Morgan fingerprint density at radius 3 is 2.86 bits per heavy atom. The van der Waals surface area contributed by atoms with E-state index in [2.05, 4.69) is 53.8 Å². The van der Waals surface area contributed by atoms with Crippen LogP contribution in [0.5, 0.6) is 0 Å². The van der Waals surface area contributed by atoms with Crippen LogP contribution in [0.4, 0.5) is 0 Å². The summed E-state index contributed by atoms with van der Waals surface area (Å²) in [7, 11) is 0. The normalized spacial score (nSPS) is 11.6. The number of amides is 1. The van der Waals surface area contributed by atoms with Gasteiger partial charge in [0.2, 0.25) is 5.91 Å². The molecule has 1 aromatic carbocycles. The van der Waals surface area contributed by atoms with Gasteiger partial charge in [0.25, 0.3) is 0 Å². The van der Waals surface area contributed by atoms with Crippen LogP contribution in [0.15, 0.2) is 52.6 Å². The fraction of sp³-hybridized carbons (Fsp3) is 0.318. The van der Waals surface area contributed by atoms with Crippen molar-refractivity contribution in [2.75, 3.05) is 5.75 Å². The topological polar surface area (TPSA) is 59.3 Å². The first-order valence-corrected chi connectivity index (χ1v) is 10.4. The number of nitrogens with zero attached hydrogens (tertiary/aromatic N) is 3. The van der Waals surface area contributed by atoms with E-state index in [0.29, 0.717) is 11.7 Å². The second-order valence-electron chi connectivity index (χ2n) is 7.24. The van der Waals surface area contributed by atoms with Crippen molar-refractivity contribution in [3.8, 4) is 0 Å². The quantitative estimate of drug-likeness (QED) is 0.363. The Balaban J connectivity index is 1.59. The summed E-state index contributed by atoms with van der Waals surface area (Å²) >= 11 is 1.47. The number of nitrogens with one attached hydrogen (secondary N) is 1. The van der Waals surface area contributed by atoms with Crippen LogP contribution in [0.2, 0.25) is 0 Å². The number of hydrazone groups is 1. The van der Waals surface area contributed by atoms with Crippen molar-refractivity contribution in [1.82, 2.24) is 15.0 Å². The molecule has 0 radical (unpaired) electrons. The fourth-order valence-electron chi connectivity index (χ4n) is 3.15. The molecule has 0 aliphatic rings. The van der Waals surface area contributed by atoms with E-state index in [1.165, 1.54) is 23.1 Å². The minimum atomic E-state index is -0.134. The Morgan fingerprint density at radius 2 is 2.07 bits per heavy atom. The molecule has 0 aliphatic heterocycles. The van der Waals surface area contributed by atoms with Gasteiger partial charge in [-0.1, -0.05) is 32.0 Å². The molecule has 5 nitrogen and oxygen atoms in total. The van der Waals surface area contributed by atoms with Gasteiger partial charge in [-0.3, -0.25) is 9.78 Å². The van der Waals surface area contributed by atoms with E-state index in [9.17, 15) is 4.79 Å². The predicted molar refractivity (Wildman–Crippen MR) is 117 cm³/mol. The smallest absolute Gasteiger partial charge is 0.250 e. The highest BCUT2D eigenvalue weighted by molar-refractivity contribution is 8.00. The average molecular weight is 395 g/mol. The number of para-hydroxylation sites is 1. The molecule has 2 heterocycles.